The van der Waals surface area contributed by atoms with Gasteiger partial charge in [0.05, 0.1) is 12.7 Å². The van der Waals surface area contributed by atoms with Gasteiger partial charge in [-0.3, -0.25) is 4.79 Å². The molecule has 1 aliphatic rings. The molecule has 1 heterocycles. The summed E-state index contributed by atoms with van der Waals surface area (Å²) in [5.74, 6) is -1.36. The number of rotatable bonds is 3. The topological polar surface area (TPSA) is 55.8 Å². The third kappa shape index (κ3) is 4.00. The molecule has 2 rings (SSSR count). The number of hydrogen-bond donors (Lipinski definition) is 0. The van der Waals surface area contributed by atoms with Crippen LogP contribution in [0.1, 0.15) is 37.6 Å². The molecule has 1 unspecified atom stereocenters. The molecule has 1 atom stereocenters. The van der Waals surface area contributed by atoms with Gasteiger partial charge in [0.15, 0.2) is 17.3 Å². The van der Waals surface area contributed by atoms with E-state index in [-0.39, 0.29) is 23.6 Å². The van der Waals surface area contributed by atoms with E-state index in [1.807, 2.05) is 0 Å². The maximum absolute atomic E-state index is 14.2. The first-order valence-corrected chi connectivity index (χ1v) is 7.57. The van der Waals surface area contributed by atoms with Crippen molar-refractivity contribution < 1.29 is 23.5 Å². The number of Topliss-reactive ketones (excluding diaryl/α,β-unsaturated/α-hetero) is 1. The summed E-state index contributed by atoms with van der Waals surface area (Å²) in [5.41, 5.74) is -0.585. The van der Waals surface area contributed by atoms with Crippen LogP contribution in [0, 0.1) is 11.7 Å². The smallest absolute Gasteiger partial charge is 0.410 e. The summed E-state index contributed by atoms with van der Waals surface area (Å²) < 4.78 is 24.4. The minimum absolute atomic E-state index is 0.000360. The minimum Gasteiger partial charge on any atom is -0.494 e. The number of carbonyl (C=O) groups excluding carboxylic acids is 2. The highest BCUT2D eigenvalue weighted by Crippen LogP contribution is 2.27. The van der Waals surface area contributed by atoms with Gasteiger partial charge in [0, 0.05) is 19.0 Å². The van der Waals surface area contributed by atoms with Crippen LogP contribution in [0.15, 0.2) is 18.2 Å². The fourth-order valence-electron chi connectivity index (χ4n) is 2.55. The predicted molar refractivity (Wildman–Crippen MR) is 83.2 cm³/mol. The third-order valence-electron chi connectivity index (χ3n) is 3.66. The first-order valence-electron chi connectivity index (χ1n) is 7.57. The second-order valence-electron chi connectivity index (χ2n) is 6.60. The Morgan fingerprint density at radius 1 is 1.30 bits per heavy atom. The van der Waals surface area contributed by atoms with E-state index < -0.39 is 23.4 Å². The zero-order valence-corrected chi connectivity index (χ0v) is 13.9. The van der Waals surface area contributed by atoms with E-state index in [2.05, 4.69) is 0 Å². The number of nitrogens with zero attached hydrogens (tertiary/aromatic N) is 1. The van der Waals surface area contributed by atoms with E-state index in [0.29, 0.717) is 13.0 Å². The highest BCUT2D eigenvalue weighted by atomic mass is 19.1. The molecule has 0 aromatic heterocycles. The van der Waals surface area contributed by atoms with Gasteiger partial charge in [-0.05, 0) is 39.3 Å². The summed E-state index contributed by atoms with van der Waals surface area (Å²) in [4.78, 5) is 26.0. The van der Waals surface area contributed by atoms with Crippen LogP contribution in [0.2, 0.25) is 0 Å². The molecule has 0 N–H and O–H groups in total. The van der Waals surface area contributed by atoms with Crippen molar-refractivity contribution in [1.29, 1.82) is 0 Å². The molecule has 5 nitrogen and oxygen atoms in total. The van der Waals surface area contributed by atoms with Crippen molar-refractivity contribution in [3.63, 3.8) is 0 Å². The Hall–Kier alpha value is -2.11. The van der Waals surface area contributed by atoms with Crippen molar-refractivity contribution in [2.24, 2.45) is 5.92 Å². The number of carbonyl (C=O) groups is 2. The molecule has 1 aromatic rings. The Balaban J connectivity index is 2.07. The first-order chi connectivity index (χ1) is 10.7. The lowest BCUT2D eigenvalue weighted by Gasteiger charge is -2.24. The molecular formula is C17H22FNO4. The Bertz CT molecular complexity index is 609. The van der Waals surface area contributed by atoms with Gasteiger partial charge in [-0.2, -0.15) is 0 Å². The monoisotopic (exact) mass is 323 g/mol. The van der Waals surface area contributed by atoms with Crippen molar-refractivity contribution in [2.75, 3.05) is 20.2 Å². The number of amides is 1. The summed E-state index contributed by atoms with van der Waals surface area (Å²) in [5, 5.41) is 0. The summed E-state index contributed by atoms with van der Waals surface area (Å²) >= 11 is 0. The van der Waals surface area contributed by atoms with Gasteiger partial charge >= 0.3 is 6.09 Å². The maximum atomic E-state index is 14.2. The highest BCUT2D eigenvalue weighted by molar-refractivity contribution is 5.99. The van der Waals surface area contributed by atoms with E-state index in [0.717, 1.165) is 0 Å². The van der Waals surface area contributed by atoms with Crippen molar-refractivity contribution in [3.8, 4) is 5.75 Å². The molecule has 0 saturated carbocycles. The molecule has 6 heteroatoms. The van der Waals surface area contributed by atoms with Gasteiger partial charge in [0.1, 0.15) is 5.60 Å². The van der Waals surface area contributed by atoms with Gasteiger partial charge < -0.3 is 14.4 Å². The molecule has 1 fully saturated rings. The number of likely N-dealkylation sites (tertiary alicyclic amines) is 1. The van der Waals surface area contributed by atoms with Gasteiger partial charge in [-0.1, -0.05) is 6.07 Å². The van der Waals surface area contributed by atoms with Crippen LogP contribution < -0.4 is 4.74 Å². The number of benzene rings is 1. The van der Waals surface area contributed by atoms with Gasteiger partial charge in [-0.25, -0.2) is 9.18 Å². The van der Waals surface area contributed by atoms with Crippen molar-refractivity contribution in [1.82, 2.24) is 4.90 Å². The molecule has 0 aliphatic carbocycles. The molecule has 1 amide bonds. The Morgan fingerprint density at radius 2 is 2.00 bits per heavy atom. The number of ketones is 1. The minimum atomic E-state index is -0.657. The fraction of sp³-hybridized carbons (Fsp3) is 0.529. The lowest BCUT2D eigenvalue weighted by Crippen LogP contribution is -2.35. The summed E-state index contributed by atoms with van der Waals surface area (Å²) in [6.45, 7) is 6.03. The molecular weight excluding hydrogens is 301 g/mol. The van der Waals surface area contributed by atoms with Crippen LogP contribution in [0.5, 0.6) is 5.75 Å². The SMILES string of the molecule is COc1cccc(C(=O)C2CCN(C(=O)OC(C)(C)C)C2)c1F. The Morgan fingerprint density at radius 3 is 2.61 bits per heavy atom. The van der Waals surface area contributed by atoms with Crippen molar-refractivity contribution in [2.45, 2.75) is 32.8 Å². The zero-order valence-electron chi connectivity index (χ0n) is 13.9. The van der Waals surface area contributed by atoms with Gasteiger partial charge in [-0.15, -0.1) is 0 Å². The summed E-state index contributed by atoms with van der Waals surface area (Å²) in [6.07, 6.45) is 0.0493. The Kier molecular flexibility index (Phi) is 4.92. The highest BCUT2D eigenvalue weighted by Gasteiger charge is 2.34. The van der Waals surface area contributed by atoms with Gasteiger partial charge in [0.25, 0.3) is 0 Å². The standard InChI is InChI=1S/C17H22FNO4/c1-17(2,3)23-16(21)19-9-8-11(10-19)15(20)12-6-5-7-13(22-4)14(12)18/h5-7,11H,8-10H2,1-4H3. The number of hydrogen-bond acceptors (Lipinski definition) is 4. The molecule has 0 bridgehead atoms. The second kappa shape index (κ2) is 6.56. The molecule has 1 saturated heterocycles. The normalized spacial score (nSPS) is 18.0. The third-order valence-corrected chi connectivity index (χ3v) is 3.66. The number of methoxy groups -OCH3 is 1. The van der Waals surface area contributed by atoms with Crippen LogP contribution in [0.4, 0.5) is 9.18 Å². The summed E-state index contributed by atoms with van der Waals surface area (Å²) in [7, 11) is 1.35. The first kappa shape index (κ1) is 17.2. The second-order valence-corrected chi connectivity index (χ2v) is 6.60. The molecule has 126 valence electrons. The lowest BCUT2D eigenvalue weighted by atomic mass is 9.96. The number of halogens is 1. The number of ether oxygens (including phenoxy) is 2. The van der Waals surface area contributed by atoms with Crippen LogP contribution in [-0.4, -0.2) is 42.6 Å². The van der Waals surface area contributed by atoms with Crippen molar-refractivity contribution in [3.05, 3.63) is 29.6 Å². The van der Waals surface area contributed by atoms with E-state index in [4.69, 9.17) is 9.47 Å². The average molecular weight is 323 g/mol. The maximum Gasteiger partial charge on any atom is 0.410 e. The molecule has 0 spiro atoms. The molecule has 1 aromatic carbocycles. The molecule has 23 heavy (non-hydrogen) atoms. The zero-order chi connectivity index (χ0) is 17.2. The van der Waals surface area contributed by atoms with Crippen LogP contribution >= 0.6 is 0 Å². The quantitative estimate of drug-likeness (QED) is 0.801. The predicted octanol–water partition coefficient (Wildman–Crippen LogP) is 3.27. The van der Waals surface area contributed by atoms with E-state index >= 15 is 0 Å². The molecule has 0 radical (unpaired) electrons. The van der Waals surface area contributed by atoms with E-state index in [1.165, 1.54) is 24.1 Å². The average Bonchev–Trinajstić information content (AvgIpc) is 2.95. The molecule has 1 aliphatic heterocycles. The lowest BCUT2D eigenvalue weighted by molar-refractivity contribution is 0.0289. The Labute approximate surface area is 135 Å². The van der Waals surface area contributed by atoms with Gasteiger partial charge in [0.2, 0.25) is 0 Å². The van der Waals surface area contributed by atoms with Crippen LogP contribution in [-0.2, 0) is 4.74 Å². The van der Waals surface area contributed by atoms with E-state index in [9.17, 15) is 14.0 Å². The van der Waals surface area contributed by atoms with Crippen LogP contribution in [0.25, 0.3) is 0 Å². The fourth-order valence-corrected chi connectivity index (χ4v) is 2.55. The largest absolute Gasteiger partial charge is 0.494 e. The van der Waals surface area contributed by atoms with Crippen molar-refractivity contribution >= 4 is 11.9 Å². The van der Waals surface area contributed by atoms with Crippen LogP contribution in [0.3, 0.4) is 0 Å². The van der Waals surface area contributed by atoms with E-state index in [1.54, 1.807) is 26.8 Å². The summed E-state index contributed by atoms with van der Waals surface area (Å²) in [6, 6.07) is 4.49.